The Bertz CT molecular complexity index is 956. The molecule has 1 aromatic carbocycles. The second-order valence-electron chi connectivity index (χ2n) is 7.12. The standard InChI is InChI=1S/C19H21N5O2/c1-11-8-15(25)19(26-11)24-10-22-16-17(20-9-21-18(16)24)23-14-7-6-12-4-2-3-5-13(12)14/h2-5,9-11,14-15,19,25H,6-8H2,1H3,(H,20,21,23)/t11-,14-,15+,19+/m0/s1. The van der Waals surface area contributed by atoms with Gasteiger partial charge in [0.1, 0.15) is 12.4 Å². The maximum absolute atomic E-state index is 10.3. The molecule has 0 unspecified atom stereocenters. The molecule has 5 rings (SSSR count). The van der Waals surface area contributed by atoms with Crippen molar-refractivity contribution in [3.8, 4) is 0 Å². The highest BCUT2D eigenvalue weighted by atomic mass is 16.5. The second-order valence-corrected chi connectivity index (χ2v) is 7.12. The predicted molar refractivity (Wildman–Crippen MR) is 96.7 cm³/mol. The molecule has 3 heterocycles. The molecule has 7 heteroatoms. The van der Waals surface area contributed by atoms with E-state index < -0.39 is 12.3 Å². The van der Waals surface area contributed by atoms with Crippen LogP contribution in [0.2, 0.25) is 0 Å². The van der Waals surface area contributed by atoms with E-state index in [0.717, 1.165) is 18.7 Å². The fourth-order valence-electron chi connectivity index (χ4n) is 4.11. The van der Waals surface area contributed by atoms with E-state index >= 15 is 0 Å². The number of aromatic nitrogens is 4. The summed E-state index contributed by atoms with van der Waals surface area (Å²) < 4.78 is 7.64. The molecule has 0 radical (unpaired) electrons. The lowest BCUT2D eigenvalue weighted by Crippen LogP contribution is -2.19. The molecule has 1 fully saturated rings. The highest BCUT2D eigenvalue weighted by Crippen LogP contribution is 2.35. The number of fused-ring (bicyclic) bond motifs is 2. The number of rotatable bonds is 3. The van der Waals surface area contributed by atoms with Crippen molar-refractivity contribution < 1.29 is 9.84 Å². The SMILES string of the molecule is C[C@H]1C[C@@H](O)[C@H](n2cnc3c(N[C@H]4CCc5ccccc54)ncnc32)O1. The minimum Gasteiger partial charge on any atom is -0.388 e. The van der Waals surface area contributed by atoms with Crippen molar-refractivity contribution in [1.82, 2.24) is 19.5 Å². The van der Waals surface area contributed by atoms with E-state index in [9.17, 15) is 5.11 Å². The molecule has 4 atom stereocenters. The molecule has 0 amide bonds. The van der Waals surface area contributed by atoms with E-state index in [1.54, 1.807) is 10.9 Å². The number of anilines is 1. The van der Waals surface area contributed by atoms with Crippen LogP contribution in [0.3, 0.4) is 0 Å². The molecule has 0 spiro atoms. The van der Waals surface area contributed by atoms with Gasteiger partial charge in [-0.2, -0.15) is 0 Å². The van der Waals surface area contributed by atoms with Gasteiger partial charge in [0, 0.05) is 6.42 Å². The molecule has 134 valence electrons. The van der Waals surface area contributed by atoms with E-state index in [-0.39, 0.29) is 12.1 Å². The maximum Gasteiger partial charge on any atom is 0.167 e. The van der Waals surface area contributed by atoms with E-state index in [2.05, 4.69) is 44.5 Å². The summed E-state index contributed by atoms with van der Waals surface area (Å²) in [5.74, 6) is 0.719. The predicted octanol–water partition coefficient (Wildman–Crippen LogP) is 2.59. The first-order chi connectivity index (χ1) is 12.7. The summed E-state index contributed by atoms with van der Waals surface area (Å²) in [7, 11) is 0. The number of imidazole rings is 1. The lowest BCUT2D eigenvalue weighted by atomic mass is 10.1. The van der Waals surface area contributed by atoms with Gasteiger partial charge >= 0.3 is 0 Å². The molecule has 1 aliphatic carbocycles. The van der Waals surface area contributed by atoms with Gasteiger partial charge in [0.25, 0.3) is 0 Å². The Labute approximate surface area is 151 Å². The van der Waals surface area contributed by atoms with Crippen LogP contribution in [-0.2, 0) is 11.2 Å². The van der Waals surface area contributed by atoms with E-state index in [0.29, 0.717) is 17.6 Å². The first kappa shape index (κ1) is 15.7. The zero-order chi connectivity index (χ0) is 17.7. The Balaban J connectivity index is 1.49. The number of aliphatic hydroxyl groups excluding tert-OH is 1. The van der Waals surface area contributed by atoms with Gasteiger partial charge in [-0.3, -0.25) is 4.57 Å². The Kier molecular flexibility index (Phi) is 3.65. The lowest BCUT2D eigenvalue weighted by Gasteiger charge is -2.17. The summed E-state index contributed by atoms with van der Waals surface area (Å²) in [5.41, 5.74) is 4.08. The normalized spacial score (nSPS) is 27.8. The minimum absolute atomic E-state index is 0.0156. The van der Waals surface area contributed by atoms with Crippen LogP contribution in [0.25, 0.3) is 11.2 Å². The first-order valence-corrected chi connectivity index (χ1v) is 9.06. The topological polar surface area (TPSA) is 85.1 Å². The molecule has 1 saturated heterocycles. The van der Waals surface area contributed by atoms with Crippen LogP contribution in [-0.4, -0.2) is 36.8 Å². The van der Waals surface area contributed by atoms with Gasteiger partial charge in [0.05, 0.1) is 18.5 Å². The van der Waals surface area contributed by atoms with Crippen LogP contribution < -0.4 is 5.32 Å². The van der Waals surface area contributed by atoms with Gasteiger partial charge in [0.15, 0.2) is 23.2 Å². The number of nitrogens with one attached hydrogen (secondary N) is 1. The quantitative estimate of drug-likeness (QED) is 0.754. The van der Waals surface area contributed by atoms with Crippen LogP contribution in [0, 0.1) is 0 Å². The average Bonchev–Trinajstić information content (AvgIpc) is 3.33. The highest BCUT2D eigenvalue weighted by Gasteiger charge is 2.34. The fourth-order valence-corrected chi connectivity index (χ4v) is 4.11. The summed E-state index contributed by atoms with van der Waals surface area (Å²) in [6.45, 7) is 1.96. The Morgan fingerprint density at radius 1 is 1.23 bits per heavy atom. The molecule has 2 aliphatic rings. The van der Waals surface area contributed by atoms with Crippen LogP contribution in [0.5, 0.6) is 0 Å². The number of hydrogen-bond donors (Lipinski definition) is 2. The number of hydrogen-bond acceptors (Lipinski definition) is 6. The molecule has 1 aliphatic heterocycles. The van der Waals surface area contributed by atoms with Crippen molar-refractivity contribution in [2.45, 2.75) is 50.7 Å². The van der Waals surface area contributed by atoms with Gasteiger partial charge in [0.2, 0.25) is 0 Å². The molecule has 26 heavy (non-hydrogen) atoms. The third-order valence-electron chi connectivity index (χ3n) is 5.35. The smallest absolute Gasteiger partial charge is 0.167 e. The lowest BCUT2D eigenvalue weighted by molar-refractivity contribution is -0.0297. The van der Waals surface area contributed by atoms with Crippen molar-refractivity contribution in [3.63, 3.8) is 0 Å². The summed E-state index contributed by atoms with van der Waals surface area (Å²) >= 11 is 0. The van der Waals surface area contributed by atoms with Gasteiger partial charge in [-0.15, -0.1) is 0 Å². The first-order valence-electron chi connectivity index (χ1n) is 9.06. The van der Waals surface area contributed by atoms with Crippen molar-refractivity contribution in [1.29, 1.82) is 0 Å². The van der Waals surface area contributed by atoms with E-state index in [1.807, 2.05) is 6.92 Å². The van der Waals surface area contributed by atoms with Crippen molar-refractivity contribution in [3.05, 3.63) is 48.0 Å². The van der Waals surface area contributed by atoms with Crippen molar-refractivity contribution in [2.75, 3.05) is 5.32 Å². The zero-order valence-corrected chi connectivity index (χ0v) is 14.5. The Morgan fingerprint density at radius 3 is 2.96 bits per heavy atom. The number of aliphatic hydroxyl groups is 1. The van der Waals surface area contributed by atoms with Crippen molar-refractivity contribution >= 4 is 17.0 Å². The minimum atomic E-state index is -0.560. The van der Waals surface area contributed by atoms with Crippen LogP contribution >= 0.6 is 0 Å². The molecular formula is C19H21N5O2. The van der Waals surface area contributed by atoms with Crippen molar-refractivity contribution in [2.24, 2.45) is 0 Å². The van der Waals surface area contributed by atoms with Crippen LogP contribution in [0.1, 0.15) is 43.2 Å². The van der Waals surface area contributed by atoms with Crippen LogP contribution in [0.15, 0.2) is 36.9 Å². The summed E-state index contributed by atoms with van der Waals surface area (Å²) in [6, 6.07) is 8.73. The highest BCUT2D eigenvalue weighted by molar-refractivity contribution is 5.83. The van der Waals surface area contributed by atoms with Gasteiger partial charge in [-0.1, -0.05) is 24.3 Å². The summed E-state index contributed by atoms with van der Waals surface area (Å²) in [6.07, 6.45) is 4.93. The van der Waals surface area contributed by atoms with E-state index in [4.69, 9.17) is 4.74 Å². The fraction of sp³-hybridized carbons (Fsp3) is 0.421. The molecule has 2 N–H and O–H groups in total. The number of benzene rings is 1. The molecule has 7 nitrogen and oxygen atoms in total. The van der Waals surface area contributed by atoms with Gasteiger partial charge in [-0.25, -0.2) is 15.0 Å². The molecule has 3 aromatic rings. The second kappa shape index (κ2) is 6.03. The molecular weight excluding hydrogens is 330 g/mol. The molecule has 0 saturated carbocycles. The molecule has 0 bridgehead atoms. The Morgan fingerprint density at radius 2 is 2.12 bits per heavy atom. The molecule has 2 aromatic heterocycles. The third-order valence-corrected chi connectivity index (χ3v) is 5.35. The van der Waals surface area contributed by atoms with Gasteiger partial charge in [-0.05, 0) is 30.9 Å². The zero-order valence-electron chi connectivity index (χ0n) is 14.5. The Hall–Kier alpha value is -2.51. The summed E-state index contributed by atoms with van der Waals surface area (Å²) in [4.78, 5) is 13.3. The third kappa shape index (κ3) is 2.47. The summed E-state index contributed by atoms with van der Waals surface area (Å²) in [5, 5.41) is 13.8. The number of aryl methyl sites for hydroxylation is 1. The average molecular weight is 351 g/mol. The largest absolute Gasteiger partial charge is 0.388 e. The number of nitrogens with zero attached hydrogens (tertiary/aromatic N) is 4. The van der Waals surface area contributed by atoms with Gasteiger partial charge < -0.3 is 15.2 Å². The maximum atomic E-state index is 10.3. The number of ether oxygens (including phenoxy) is 1. The van der Waals surface area contributed by atoms with Crippen LogP contribution in [0.4, 0.5) is 5.82 Å². The van der Waals surface area contributed by atoms with E-state index in [1.165, 1.54) is 17.5 Å². The monoisotopic (exact) mass is 351 g/mol.